The largest absolute Gasteiger partial charge is 0.490 e. The zero-order chi connectivity index (χ0) is 28.6. The number of nitrogens with zero attached hydrogens (tertiary/aromatic N) is 2. The summed E-state index contributed by atoms with van der Waals surface area (Å²) in [7, 11) is 0. The molecule has 1 fully saturated rings. The van der Waals surface area contributed by atoms with Gasteiger partial charge in [0.2, 0.25) is 0 Å². The van der Waals surface area contributed by atoms with Crippen LogP contribution in [0.3, 0.4) is 0 Å². The van der Waals surface area contributed by atoms with Crippen LogP contribution >= 0.6 is 23.4 Å². The molecule has 1 aliphatic rings. The van der Waals surface area contributed by atoms with Crippen molar-refractivity contribution in [1.29, 1.82) is 0 Å². The number of halogens is 1. The Labute approximate surface area is 250 Å². The summed E-state index contributed by atoms with van der Waals surface area (Å²) in [6.45, 7) is 5.71. The number of thioether (sulfide) groups is 1. The second kappa shape index (κ2) is 13.6. The maximum Gasteiger partial charge on any atom is 0.267 e. The normalized spacial score (nSPS) is 15.1. The highest BCUT2D eigenvalue weighted by Crippen LogP contribution is 2.40. The van der Waals surface area contributed by atoms with Gasteiger partial charge in [0.1, 0.15) is 6.61 Å². The van der Waals surface area contributed by atoms with Crippen molar-refractivity contribution in [2.75, 3.05) is 6.61 Å². The Kier molecular flexibility index (Phi) is 9.44. The first-order valence-corrected chi connectivity index (χ1v) is 14.7. The number of hydrogen-bond acceptors (Lipinski definition) is 5. The van der Waals surface area contributed by atoms with Gasteiger partial charge in [0, 0.05) is 0 Å². The van der Waals surface area contributed by atoms with Crippen molar-refractivity contribution in [3.63, 3.8) is 0 Å². The van der Waals surface area contributed by atoms with E-state index in [9.17, 15) is 4.79 Å². The molecule has 208 valence electrons. The quantitative estimate of drug-likeness (QED) is 0.176. The molecule has 4 aromatic rings. The fourth-order valence-electron chi connectivity index (χ4n) is 4.34. The number of carbonyl (C=O) groups is 1. The summed E-state index contributed by atoms with van der Waals surface area (Å²) in [6.07, 6.45) is 1.84. The molecule has 0 radical (unpaired) electrons. The molecular weight excluding hydrogens is 552 g/mol. The average molecular weight is 583 g/mol. The molecule has 1 aliphatic heterocycles. The van der Waals surface area contributed by atoms with Gasteiger partial charge in [-0.2, -0.15) is 0 Å². The molecule has 0 unspecified atom stereocenters. The van der Waals surface area contributed by atoms with Gasteiger partial charge in [-0.15, -0.1) is 0 Å². The van der Waals surface area contributed by atoms with E-state index in [1.165, 1.54) is 17.3 Å². The zero-order valence-electron chi connectivity index (χ0n) is 23.0. The first-order chi connectivity index (χ1) is 20.0. The molecule has 1 heterocycles. The number of carbonyl (C=O) groups excluding carboxylic acids is 1. The van der Waals surface area contributed by atoms with Crippen molar-refractivity contribution >= 4 is 40.5 Å². The molecule has 0 saturated carbocycles. The van der Waals surface area contributed by atoms with Crippen LogP contribution in [0.15, 0.2) is 107 Å². The molecule has 41 heavy (non-hydrogen) atoms. The fourth-order valence-corrected chi connectivity index (χ4v) is 5.59. The van der Waals surface area contributed by atoms with E-state index in [-0.39, 0.29) is 5.91 Å². The molecule has 4 aromatic carbocycles. The molecule has 1 amide bonds. The zero-order valence-corrected chi connectivity index (χ0v) is 24.6. The van der Waals surface area contributed by atoms with Crippen molar-refractivity contribution in [3.05, 3.63) is 135 Å². The van der Waals surface area contributed by atoms with E-state index in [1.807, 2.05) is 111 Å². The predicted octanol–water partition coefficient (Wildman–Crippen LogP) is 8.30. The third-order valence-corrected chi connectivity index (χ3v) is 7.77. The van der Waals surface area contributed by atoms with E-state index in [1.54, 1.807) is 11.0 Å². The van der Waals surface area contributed by atoms with Crippen LogP contribution in [-0.2, 0) is 24.5 Å². The number of amidine groups is 1. The van der Waals surface area contributed by atoms with Gasteiger partial charge in [-0.25, -0.2) is 0 Å². The van der Waals surface area contributed by atoms with E-state index in [2.05, 4.69) is 0 Å². The molecule has 5 nitrogen and oxygen atoms in total. The minimum absolute atomic E-state index is 0.0977. The average Bonchev–Trinajstić information content (AvgIpc) is 3.27. The van der Waals surface area contributed by atoms with Crippen molar-refractivity contribution in [1.82, 2.24) is 4.90 Å². The molecule has 0 bridgehead atoms. The molecule has 0 aliphatic carbocycles. The van der Waals surface area contributed by atoms with Gasteiger partial charge in [0.05, 0.1) is 29.6 Å². The van der Waals surface area contributed by atoms with E-state index >= 15 is 0 Å². The van der Waals surface area contributed by atoms with Crippen LogP contribution in [0, 0.1) is 6.92 Å². The molecule has 0 N–H and O–H groups in total. The summed E-state index contributed by atoms with van der Waals surface area (Å²) in [6, 6.07) is 31.8. The SMILES string of the molecule is CCOc1cc(/C=C2/SC(=NCc3ccccc3)N(Cc3ccccc3)C2=O)cc(Cl)c1OCc1ccc(C)cc1. The Morgan fingerprint density at radius 3 is 2.24 bits per heavy atom. The standard InChI is InChI=1S/C34H31ClN2O3S/c1-3-39-30-19-28(18-29(35)32(30)40-23-27-16-14-24(2)15-17-27)20-31-33(38)37(22-26-12-8-5-9-13-26)34(41-31)36-21-25-10-6-4-7-11-25/h4-20H,3,21-23H2,1-2H3/b31-20+,36-34?. The Morgan fingerprint density at radius 2 is 1.56 bits per heavy atom. The minimum Gasteiger partial charge on any atom is -0.490 e. The molecule has 5 rings (SSSR count). The van der Waals surface area contributed by atoms with Gasteiger partial charge in [-0.1, -0.05) is 102 Å². The van der Waals surface area contributed by atoms with Crippen LogP contribution in [-0.4, -0.2) is 22.6 Å². The van der Waals surface area contributed by atoms with Crippen LogP contribution in [0.1, 0.15) is 34.7 Å². The lowest BCUT2D eigenvalue weighted by atomic mass is 10.1. The highest BCUT2D eigenvalue weighted by atomic mass is 35.5. The lowest BCUT2D eigenvalue weighted by Crippen LogP contribution is -2.28. The van der Waals surface area contributed by atoms with Crippen LogP contribution in [0.5, 0.6) is 11.5 Å². The van der Waals surface area contributed by atoms with Gasteiger partial charge in [0.25, 0.3) is 5.91 Å². The highest BCUT2D eigenvalue weighted by Gasteiger charge is 2.33. The number of aliphatic imine (C=N–C) groups is 1. The smallest absolute Gasteiger partial charge is 0.267 e. The van der Waals surface area contributed by atoms with Gasteiger partial charge in [-0.05, 0) is 66.1 Å². The minimum atomic E-state index is -0.0977. The van der Waals surface area contributed by atoms with Crippen molar-refractivity contribution in [2.24, 2.45) is 4.99 Å². The van der Waals surface area contributed by atoms with Crippen LogP contribution in [0.2, 0.25) is 5.02 Å². The Balaban J connectivity index is 1.42. The third kappa shape index (κ3) is 7.40. The van der Waals surface area contributed by atoms with E-state index < -0.39 is 0 Å². The number of benzene rings is 4. The van der Waals surface area contributed by atoms with Crippen molar-refractivity contribution < 1.29 is 14.3 Å². The maximum absolute atomic E-state index is 13.6. The molecule has 1 saturated heterocycles. The first kappa shape index (κ1) is 28.5. The summed E-state index contributed by atoms with van der Waals surface area (Å²) in [5.41, 5.74) is 5.09. The van der Waals surface area contributed by atoms with E-state index in [4.69, 9.17) is 26.1 Å². The highest BCUT2D eigenvalue weighted by molar-refractivity contribution is 8.18. The molecule has 7 heteroatoms. The van der Waals surface area contributed by atoms with Gasteiger partial charge in [0.15, 0.2) is 16.7 Å². The molecular formula is C34H31ClN2O3S. The Morgan fingerprint density at radius 1 is 0.878 bits per heavy atom. The number of hydrogen-bond donors (Lipinski definition) is 0. The van der Waals surface area contributed by atoms with Crippen LogP contribution < -0.4 is 9.47 Å². The summed E-state index contributed by atoms with van der Waals surface area (Å²) in [5, 5.41) is 1.09. The van der Waals surface area contributed by atoms with E-state index in [0.717, 1.165) is 22.3 Å². The van der Waals surface area contributed by atoms with Gasteiger partial charge >= 0.3 is 0 Å². The van der Waals surface area contributed by atoms with E-state index in [0.29, 0.717) is 52.9 Å². The number of amides is 1. The number of aryl methyl sites for hydroxylation is 1. The topological polar surface area (TPSA) is 51.1 Å². The lowest BCUT2D eigenvalue weighted by Gasteiger charge is -2.16. The Bertz CT molecular complexity index is 1550. The predicted molar refractivity (Wildman–Crippen MR) is 168 cm³/mol. The summed E-state index contributed by atoms with van der Waals surface area (Å²) >= 11 is 8.08. The second-order valence-corrected chi connectivity index (χ2v) is 11.0. The first-order valence-electron chi connectivity index (χ1n) is 13.5. The lowest BCUT2D eigenvalue weighted by molar-refractivity contribution is -0.122. The summed E-state index contributed by atoms with van der Waals surface area (Å²) in [4.78, 5) is 20.8. The molecule has 0 atom stereocenters. The third-order valence-electron chi connectivity index (χ3n) is 6.44. The van der Waals surface area contributed by atoms with Crippen molar-refractivity contribution in [3.8, 4) is 11.5 Å². The molecule has 0 aromatic heterocycles. The Hall–Kier alpha value is -4.00. The van der Waals surface area contributed by atoms with Gasteiger partial charge in [-0.3, -0.25) is 14.7 Å². The molecule has 0 spiro atoms. The van der Waals surface area contributed by atoms with Crippen LogP contribution in [0.25, 0.3) is 6.08 Å². The van der Waals surface area contributed by atoms with Crippen LogP contribution in [0.4, 0.5) is 0 Å². The monoisotopic (exact) mass is 582 g/mol. The number of ether oxygens (including phenoxy) is 2. The fraction of sp³-hybridized carbons (Fsp3) is 0.176. The number of rotatable bonds is 10. The van der Waals surface area contributed by atoms with Gasteiger partial charge < -0.3 is 9.47 Å². The second-order valence-electron chi connectivity index (χ2n) is 9.61. The summed E-state index contributed by atoms with van der Waals surface area (Å²) < 4.78 is 12.0. The summed E-state index contributed by atoms with van der Waals surface area (Å²) in [5.74, 6) is 0.922. The maximum atomic E-state index is 13.6. The van der Waals surface area contributed by atoms with Crippen molar-refractivity contribution in [2.45, 2.75) is 33.5 Å².